The van der Waals surface area contributed by atoms with Crippen LogP contribution in [-0.2, 0) is 4.79 Å². The molecule has 0 aromatic rings. The quantitative estimate of drug-likeness (QED) is 0.736. The highest BCUT2D eigenvalue weighted by atomic mass is 16.3. The van der Waals surface area contributed by atoms with Gasteiger partial charge in [0.15, 0.2) is 5.78 Å². The first-order valence-corrected chi connectivity index (χ1v) is 8.45. The Hall–Kier alpha value is -1.15. The zero-order valence-electron chi connectivity index (χ0n) is 14.3. The van der Waals surface area contributed by atoms with Gasteiger partial charge >= 0.3 is 0 Å². The highest BCUT2D eigenvalue weighted by Crippen LogP contribution is 2.65. The molecule has 2 heteroatoms. The molecule has 120 valence electrons. The van der Waals surface area contributed by atoms with E-state index in [1.165, 1.54) is 5.57 Å². The summed E-state index contributed by atoms with van der Waals surface area (Å²) in [6.07, 6.45) is 9.62. The van der Waals surface area contributed by atoms with Crippen LogP contribution in [0.3, 0.4) is 0 Å². The Bertz CT molecular complexity index is 595. The molecule has 1 N–H and O–H groups in total. The second-order valence-corrected chi connectivity index (χ2v) is 8.38. The Morgan fingerprint density at radius 1 is 1.27 bits per heavy atom. The van der Waals surface area contributed by atoms with Crippen molar-refractivity contribution in [3.8, 4) is 0 Å². The normalized spacial score (nSPS) is 43.6. The number of hydrogen-bond acceptors (Lipinski definition) is 2. The summed E-state index contributed by atoms with van der Waals surface area (Å²) in [5.74, 6) is 0.543. The lowest BCUT2D eigenvalue weighted by molar-refractivity contribution is -0.113. The largest absolute Gasteiger partial charge is 0.393 e. The maximum absolute atomic E-state index is 12.3. The van der Waals surface area contributed by atoms with Crippen LogP contribution >= 0.6 is 0 Å². The summed E-state index contributed by atoms with van der Waals surface area (Å²) in [4.78, 5) is 12.3. The van der Waals surface area contributed by atoms with Gasteiger partial charge in [-0.05, 0) is 66.6 Å². The average molecular weight is 300 g/mol. The van der Waals surface area contributed by atoms with Crippen LogP contribution in [0.15, 0.2) is 36.0 Å². The molecule has 0 aliphatic heterocycles. The molecular formula is C20H28O2. The highest BCUT2D eigenvalue weighted by molar-refractivity contribution is 6.05. The predicted molar refractivity (Wildman–Crippen MR) is 89.3 cm³/mol. The Balaban J connectivity index is 2.14. The van der Waals surface area contributed by atoms with Crippen LogP contribution in [0.5, 0.6) is 0 Å². The van der Waals surface area contributed by atoms with Crippen molar-refractivity contribution in [3.63, 3.8) is 0 Å². The summed E-state index contributed by atoms with van der Waals surface area (Å²) in [6, 6.07) is 0. The molecule has 0 spiro atoms. The van der Waals surface area contributed by atoms with Crippen LogP contribution in [0.4, 0.5) is 0 Å². The molecule has 0 aromatic carbocycles. The average Bonchev–Trinajstić information content (AvgIpc) is 2.46. The SMILES string of the molecule is C=CC12C=C(C)C(=O)C=C1C1(C)CCC(O)C(C)(C)C1CC2. The Morgan fingerprint density at radius 2 is 1.95 bits per heavy atom. The number of fused-ring (bicyclic) bond motifs is 3. The van der Waals surface area contributed by atoms with Crippen molar-refractivity contribution in [1.82, 2.24) is 0 Å². The van der Waals surface area contributed by atoms with E-state index in [0.29, 0.717) is 5.92 Å². The van der Waals surface area contributed by atoms with Gasteiger partial charge in [0.25, 0.3) is 0 Å². The van der Waals surface area contributed by atoms with Crippen LogP contribution in [-0.4, -0.2) is 17.0 Å². The minimum absolute atomic E-state index is 0.0258. The fourth-order valence-corrected chi connectivity index (χ4v) is 5.52. The second-order valence-electron chi connectivity index (χ2n) is 8.38. The summed E-state index contributed by atoms with van der Waals surface area (Å²) < 4.78 is 0. The summed E-state index contributed by atoms with van der Waals surface area (Å²) in [6.45, 7) is 12.7. The number of carbonyl (C=O) groups is 1. The lowest BCUT2D eigenvalue weighted by atomic mass is 9.44. The zero-order valence-corrected chi connectivity index (χ0v) is 14.3. The van der Waals surface area contributed by atoms with Gasteiger partial charge in [0.05, 0.1) is 6.10 Å². The standard InChI is InChI=1S/C20H28O2/c1-6-20-10-7-15-18(3,4)17(22)8-9-19(15,5)16(20)11-14(21)13(2)12-20/h6,11-12,15,17,22H,1,7-10H2,2-5H3. The van der Waals surface area contributed by atoms with Crippen molar-refractivity contribution in [2.24, 2.45) is 22.2 Å². The maximum Gasteiger partial charge on any atom is 0.181 e. The third-order valence-electron chi connectivity index (χ3n) is 6.93. The first-order valence-electron chi connectivity index (χ1n) is 8.45. The van der Waals surface area contributed by atoms with Gasteiger partial charge in [0.1, 0.15) is 0 Å². The van der Waals surface area contributed by atoms with E-state index in [9.17, 15) is 9.90 Å². The summed E-state index contributed by atoms with van der Waals surface area (Å²) >= 11 is 0. The molecule has 0 heterocycles. The fraction of sp³-hybridized carbons (Fsp3) is 0.650. The van der Waals surface area contributed by atoms with Gasteiger partial charge < -0.3 is 5.11 Å². The summed E-state index contributed by atoms with van der Waals surface area (Å²) in [5.41, 5.74) is 1.77. The van der Waals surface area contributed by atoms with Gasteiger partial charge in [-0.1, -0.05) is 32.9 Å². The Labute approximate surface area is 134 Å². The molecule has 3 aliphatic rings. The molecule has 0 aromatic heterocycles. The van der Waals surface area contributed by atoms with Crippen LogP contribution in [0.1, 0.15) is 53.4 Å². The summed E-state index contributed by atoms with van der Waals surface area (Å²) in [5, 5.41) is 10.5. The topological polar surface area (TPSA) is 37.3 Å². The van der Waals surface area contributed by atoms with E-state index >= 15 is 0 Å². The van der Waals surface area contributed by atoms with Crippen molar-refractivity contribution in [2.75, 3.05) is 0 Å². The molecule has 2 fully saturated rings. The van der Waals surface area contributed by atoms with E-state index in [1.54, 1.807) is 0 Å². The fourth-order valence-electron chi connectivity index (χ4n) is 5.52. The van der Waals surface area contributed by atoms with Crippen molar-refractivity contribution >= 4 is 5.78 Å². The van der Waals surface area contributed by atoms with E-state index < -0.39 is 0 Å². The molecule has 0 bridgehead atoms. The van der Waals surface area contributed by atoms with Gasteiger partial charge in [0.2, 0.25) is 0 Å². The second kappa shape index (κ2) is 4.67. The van der Waals surface area contributed by atoms with E-state index in [0.717, 1.165) is 31.3 Å². The van der Waals surface area contributed by atoms with Crippen LogP contribution in [0, 0.1) is 22.2 Å². The predicted octanol–water partition coefficient (Wildman–Crippen LogP) is 4.21. The van der Waals surface area contributed by atoms with Gasteiger partial charge in [0, 0.05) is 5.41 Å². The first-order chi connectivity index (χ1) is 10.2. The minimum atomic E-state index is -0.251. The number of hydrogen-bond donors (Lipinski definition) is 1. The van der Waals surface area contributed by atoms with Crippen molar-refractivity contribution in [3.05, 3.63) is 36.0 Å². The molecule has 0 saturated heterocycles. The third-order valence-corrected chi connectivity index (χ3v) is 6.93. The van der Waals surface area contributed by atoms with Gasteiger partial charge in [-0.25, -0.2) is 0 Å². The molecule has 3 aliphatic carbocycles. The molecular weight excluding hydrogens is 272 g/mol. The van der Waals surface area contributed by atoms with Crippen LogP contribution < -0.4 is 0 Å². The van der Waals surface area contributed by atoms with Crippen molar-refractivity contribution < 1.29 is 9.90 Å². The molecule has 2 saturated carbocycles. The maximum atomic E-state index is 12.3. The number of carbonyl (C=O) groups excluding carboxylic acids is 1. The molecule has 3 rings (SSSR count). The van der Waals surface area contributed by atoms with E-state index in [-0.39, 0.29) is 28.1 Å². The number of ketones is 1. The smallest absolute Gasteiger partial charge is 0.181 e. The van der Waals surface area contributed by atoms with E-state index in [4.69, 9.17) is 0 Å². The lowest BCUT2D eigenvalue weighted by Gasteiger charge is -2.61. The minimum Gasteiger partial charge on any atom is -0.393 e. The summed E-state index contributed by atoms with van der Waals surface area (Å²) in [7, 11) is 0. The zero-order chi connectivity index (χ0) is 16.3. The first kappa shape index (κ1) is 15.7. The number of rotatable bonds is 1. The number of aliphatic hydroxyl groups is 1. The molecule has 2 nitrogen and oxygen atoms in total. The molecule has 4 unspecified atom stereocenters. The van der Waals surface area contributed by atoms with Crippen LogP contribution in [0.25, 0.3) is 0 Å². The van der Waals surface area contributed by atoms with Gasteiger partial charge in [-0.3, -0.25) is 4.79 Å². The van der Waals surface area contributed by atoms with Crippen molar-refractivity contribution in [1.29, 1.82) is 0 Å². The van der Waals surface area contributed by atoms with Crippen LogP contribution in [0.2, 0.25) is 0 Å². The Morgan fingerprint density at radius 3 is 2.59 bits per heavy atom. The third kappa shape index (κ3) is 1.86. The monoisotopic (exact) mass is 300 g/mol. The molecule has 0 amide bonds. The van der Waals surface area contributed by atoms with E-state index in [1.807, 2.05) is 19.1 Å². The number of aliphatic hydroxyl groups excluding tert-OH is 1. The van der Waals surface area contributed by atoms with E-state index in [2.05, 4.69) is 33.4 Å². The van der Waals surface area contributed by atoms with Gasteiger partial charge in [-0.15, -0.1) is 6.58 Å². The molecule has 0 radical (unpaired) electrons. The Kier molecular flexibility index (Phi) is 3.34. The van der Waals surface area contributed by atoms with Gasteiger partial charge in [-0.2, -0.15) is 0 Å². The number of allylic oxidation sites excluding steroid dienone is 5. The van der Waals surface area contributed by atoms with Crippen molar-refractivity contribution in [2.45, 2.75) is 59.5 Å². The molecule has 4 atom stereocenters. The molecule has 22 heavy (non-hydrogen) atoms. The highest BCUT2D eigenvalue weighted by Gasteiger charge is 2.58. The lowest BCUT2D eigenvalue weighted by Crippen LogP contribution is -2.55.